The summed E-state index contributed by atoms with van der Waals surface area (Å²) in [5, 5.41) is 0. The van der Waals surface area contributed by atoms with Crippen LogP contribution in [0.5, 0.6) is 23.0 Å². The van der Waals surface area contributed by atoms with Crippen LogP contribution < -0.4 is 9.47 Å². The molecule has 0 aliphatic heterocycles. The molecule has 0 bridgehead atoms. The molecule has 1 atom stereocenters. The van der Waals surface area contributed by atoms with E-state index in [1.807, 2.05) is 78.9 Å². The van der Waals surface area contributed by atoms with Gasteiger partial charge in [-0.05, 0) is 36.5 Å². The van der Waals surface area contributed by atoms with Crippen molar-refractivity contribution < 1.29 is 9.47 Å². The third kappa shape index (κ3) is 3.47. The second kappa shape index (κ2) is 7.11. The van der Waals surface area contributed by atoms with E-state index in [-0.39, 0.29) is 0 Å². The van der Waals surface area contributed by atoms with Gasteiger partial charge >= 0.3 is 0 Å². The highest BCUT2D eigenvalue weighted by atomic mass is 31.0. The molecular formula is C19H17O2P. The van der Waals surface area contributed by atoms with Gasteiger partial charge in [0.15, 0.2) is 11.5 Å². The first-order valence-electron chi connectivity index (χ1n) is 7.14. The van der Waals surface area contributed by atoms with Gasteiger partial charge in [-0.1, -0.05) is 48.5 Å². The van der Waals surface area contributed by atoms with Crippen molar-refractivity contribution in [3.05, 3.63) is 84.4 Å². The van der Waals surface area contributed by atoms with Crippen molar-refractivity contribution in [1.82, 2.24) is 0 Å². The Hall–Kier alpha value is -2.31. The van der Waals surface area contributed by atoms with E-state index in [0.29, 0.717) is 0 Å². The summed E-state index contributed by atoms with van der Waals surface area (Å²) in [6, 6.07) is 25.4. The lowest BCUT2D eigenvalue weighted by Crippen LogP contribution is -1.94. The lowest BCUT2D eigenvalue weighted by atomic mass is 10.2. The van der Waals surface area contributed by atoms with E-state index < -0.39 is 0 Å². The van der Waals surface area contributed by atoms with E-state index in [9.17, 15) is 0 Å². The Morgan fingerprint density at radius 2 is 1.23 bits per heavy atom. The van der Waals surface area contributed by atoms with E-state index in [1.165, 1.54) is 0 Å². The number of para-hydroxylation sites is 3. The summed E-state index contributed by atoms with van der Waals surface area (Å²) in [7, 11) is 2.73. The molecule has 1 unspecified atom stereocenters. The first-order chi connectivity index (χ1) is 10.9. The third-order valence-corrected chi connectivity index (χ3v) is 3.65. The largest absolute Gasteiger partial charge is 0.453 e. The topological polar surface area (TPSA) is 18.5 Å². The van der Waals surface area contributed by atoms with E-state index >= 15 is 0 Å². The molecule has 0 spiro atoms. The second-order valence-electron chi connectivity index (χ2n) is 4.78. The Balaban J connectivity index is 1.95. The van der Waals surface area contributed by atoms with Crippen LogP contribution >= 0.6 is 9.24 Å². The highest BCUT2D eigenvalue weighted by molar-refractivity contribution is 7.15. The van der Waals surface area contributed by atoms with Crippen LogP contribution in [0.25, 0.3) is 0 Å². The molecule has 3 heteroatoms. The van der Waals surface area contributed by atoms with Crippen molar-refractivity contribution in [3.8, 4) is 23.0 Å². The zero-order valence-electron chi connectivity index (χ0n) is 12.1. The molecule has 0 fully saturated rings. The minimum Gasteiger partial charge on any atom is -0.453 e. The fourth-order valence-electron chi connectivity index (χ4n) is 2.14. The zero-order chi connectivity index (χ0) is 15.2. The normalized spacial score (nSPS) is 10.2. The number of ether oxygens (including phenoxy) is 2. The number of benzene rings is 3. The predicted octanol–water partition coefficient (Wildman–Crippen LogP) is 5.65. The molecule has 0 aliphatic carbocycles. The summed E-state index contributed by atoms with van der Waals surface area (Å²) in [6.45, 7) is 0. The van der Waals surface area contributed by atoms with Crippen molar-refractivity contribution >= 4 is 9.24 Å². The van der Waals surface area contributed by atoms with Crippen LogP contribution in [-0.2, 0) is 6.16 Å². The molecule has 22 heavy (non-hydrogen) atoms. The van der Waals surface area contributed by atoms with Crippen molar-refractivity contribution in [2.75, 3.05) is 0 Å². The van der Waals surface area contributed by atoms with Crippen molar-refractivity contribution in [3.63, 3.8) is 0 Å². The van der Waals surface area contributed by atoms with Gasteiger partial charge in [0.2, 0.25) is 0 Å². The molecular weight excluding hydrogens is 291 g/mol. The van der Waals surface area contributed by atoms with Gasteiger partial charge in [0.25, 0.3) is 0 Å². The molecule has 0 saturated heterocycles. The molecule has 0 radical (unpaired) electrons. The molecule has 3 rings (SSSR count). The molecule has 2 nitrogen and oxygen atoms in total. The minimum absolute atomic E-state index is 0.718. The smallest absolute Gasteiger partial charge is 0.173 e. The summed E-state index contributed by atoms with van der Waals surface area (Å²) in [5.74, 6) is 3.06. The van der Waals surface area contributed by atoms with Gasteiger partial charge in [-0.25, -0.2) is 0 Å². The summed E-state index contributed by atoms with van der Waals surface area (Å²) in [6.07, 6.45) is 0.800. The minimum atomic E-state index is 0.718. The molecule has 0 heterocycles. The number of hydrogen-bond donors (Lipinski definition) is 0. The van der Waals surface area contributed by atoms with Gasteiger partial charge in [0.05, 0.1) is 0 Å². The average Bonchev–Trinajstić information content (AvgIpc) is 2.58. The predicted molar refractivity (Wildman–Crippen MR) is 92.9 cm³/mol. The number of hydrogen-bond acceptors (Lipinski definition) is 2. The maximum absolute atomic E-state index is 6.07. The Bertz CT molecular complexity index is 727. The van der Waals surface area contributed by atoms with Gasteiger partial charge in [-0.15, -0.1) is 9.24 Å². The summed E-state index contributed by atoms with van der Waals surface area (Å²) in [5.41, 5.74) is 1.09. The van der Waals surface area contributed by atoms with E-state index in [0.717, 1.165) is 34.7 Å². The first-order valence-corrected chi connectivity index (χ1v) is 7.96. The van der Waals surface area contributed by atoms with Crippen LogP contribution in [0.15, 0.2) is 78.9 Å². The molecule has 0 N–H and O–H groups in total. The summed E-state index contributed by atoms with van der Waals surface area (Å²) in [4.78, 5) is 0. The zero-order valence-corrected chi connectivity index (χ0v) is 13.3. The molecule has 0 saturated carbocycles. The molecule has 0 aliphatic rings. The SMILES string of the molecule is PCc1cccc(Oc2ccccc2)c1Oc1ccccc1. The van der Waals surface area contributed by atoms with Crippen LogP contribution in [0.4, 0.5) is 0 Å². The van der Waals surface area contributed by atoms with E-state index in [2.05, 4.69) is 9.24 Å². The molecule has 110 valence electrons. The van der Waals surface area contributed by atoms with E-state index in [1.54, 1.807) is 0 Å². The first kappa shape index (κ1) is 14.6. The fourth-order valence-corrected chi connectivity index (χ4v) is 2.46. The van der Waals surface area contributed by atoms with Gasteiger partial charge in [-0.3, -0.25) is 0 Å². The lowest BCUT2D eigenvalue weighted by Gasteiger charge is -2.15. The third-order valence-electron chi connectivity index (χ3n) is 3.21. The summed E-state index contributed by atoms with van der Waals surface area (Å²) < 4.78 is 12.1. The van der Waals surface area contributed by atoms with Gasteiger partial charge in [0.1, 0.15) is 11.5 Å². The molecule has 3 aromatic carbocycles. The van der Waals surface area contributed by atoms with Crippen LogP contribution in [0.2, 0.25) is 0 Å². The lowest BCUT2D eigenvalue weighted by molar-refractivity contribution is 0.416. The monoisotopic (exact) mass is 308 g/mol. The van der Waals surface area contributed by atoms with Crippen molar-refractivity contribution in [2.45, 2.75) is 6.16 Å². The van der Waals surface area contributed by atoms with Gasteiger partial charge in [0, 0.05) is 5.56 Å². The highest BCUT2D eigenvalue weighted by Crippen LogP contribution is 2.38. The van der Waals surface area contributed by atoms with Crippen LogP contribution in [-0.4, -0.2) is 0 Å². The fraction of sp³-hybridized carbons (Fsp3) is 0.0526. The van der Waals surface area contributed by atoms with Crippen LogP contribution in [0.3, 0.4) is 0 Å². The van der Waals surface area contributed by atoms with Crippen LogP contribution in [0.1, 0.15) is 5.56 Å². The standard InChI is InChI=1S/C19H17O2P/c22-14-15-8-7-13-18(20-16-9-3-1-4-10-16)19(15)21-17-11-5-2-6-12-17/h1-13H,14,22H2. The van der Waals surface area contributed by atoms with Crippen LogP contribution in [0, 0.1) is 0 Å². The molecule has 0 amide bonds. The second-order valence-corrected chi connectivity index (χ2v) is 5.19. The van der Waals surface area contributed by atoms with Gasteiger partial charge in [-0.2, -0.15) is 0 Å². The molecule has 3 aromatic rings. The van der Waals surface area contributed by atoms with Crippen molar-refractivity contribution in [2.24, 2.45) is 0 Å². The van der Waals surface area contributed by atoms with Crippen molar-refractivity contribution in [1.29, 1.82) is 0 Å². The van der Waals surface area contributed by atoms with E-state index in [4.69, 9.17) is 9.47 Å². The average molecular weight is 308 g/mol. The quantitative estimate of drug-likeness (QED) is 0.567. The van der Waals surface area contributed by atoms with Gasteiger partial charge < -0.3 is 9.47 Å². The highest BCUT2D eigenvalue weighted by Gasteiger charge is 2.12. The maximum atomic E-state index is 6.07. The Kier molecular flexibility index (Phi) is 4.72. The maximum Gasteiger partial charge on any atom is 0.173 e. The Morgan fingerprint density at radius 1 is 0.636 bits per heavy atom. The Morgan fingerprint density at radius 3 is 1.82 bits per heavy atom. The summed E-state index contributed by atoms with van der Waals surface area (Å²) >= 11 is 0. The molecule has 0 aromatic heterocycles. The number of rotatable bonds is 5. The Labute approximate surface area is 132 Å².